The molecule has 1 rings (SSSR count). The van der Waals surface area contributed by atoms with Gasteiger partial charge >= 0.3 is 0 Å². The fraction of sp³-hybridized carbons (Fsp3) is 0.643. The van der Waals surface area contributed by atoms with Gasteiger partial charge in [-0.3, -0.25) is 19.2 Å². The van der Waals surface area contributed by atoms with Gasteiger partial charge in [-0.15, -0.1) is 0 Å². The number of carbonyl (C=O) groups is 4. The molecule has 10 nitrogen and oxygen atoms in total. The molecule has 0 aromatic heterocycles. The number of hydrogen-bond donors (Lipinski definition) is 4. The minimum absolute atomic E-state index is 0.0336. The minimum atomic E-state index is -1.03. The zero-order valence-corrected chi connectivity index (χ0v) is 24.1. The third-order valence-corrected chi connectivity index (χ3v) is 5.49. The van der Waals surface area contributed by atoms with Gasteiger partial charge in [0, 0.05) is 13.1 Å². The molecule has 1 aromatic rings. The largest absolute Gasteiger partial charge is 0.480 e. The molecule has 0 aliphatic rings. The number of benzene rings is 1. The molecule has 0 aliphatic heterocycles. The van der Waals surface area contributed by atoms with E-state index in [-0.39, 0.29) is 52.2 Å². The predicted octanol–water partition coefficient (Wildman–Crippen LogP) is 3.02. The van der Waals surface area contributed by atoms with Gasteiger partial charge in [0.2, 0.25) is 0 Å². The van der Waals surface area contributed by atoms with Crippen LogP contribution in [0.1, 0.15) is 88.9 Å². The molecule has 0 aliphatic carbocycles. The van der Waals surface area contributed by atoms with Gasteiger partial charge in [-0.2, -0.15) is 0 Å². The molecule has 0 saturated carbocycles. The number of carbonyl (C=O) groups excluding carboxylic acids is 4. The third-order valence-electron chi connectivity index (χ3n) is 5.49. The Labute approximate surface area is 226 Å². The Hall–Kier alpha value is -3.30. The average molecular weight is 535 g/mol. The summed E-state index contributed by atoms with van der Waals surface area (Å²) in [4.78, 5) is 50.9. The van der Waals surface area contributed by atoms with Gasteiger partial charge < -0.3 is 31.6 Å². The summed E-state index contributed by atoms with van der Waals surface area (Å²) in [5.41, 5.74) is 11.0. The molecule has 0 unspecified atom stereocenters. The Bertz CT molecular complexity index is 974. The summed E-state index contributed by atoms with van der Waals surface area (Å²) >= 11 is 0. The molecule has 6 N–H and O–H groups in total. The van der Waals surface area contributed by atoms with Gasteiger partial charge in [-0.25, -0.2) is 0 Å². The first-order valence-electron chi connectivity index (χ1n) is 13.3. The summed E-state index contributed by atoms with van der Waals surface area (Å²) < 4.78 is 12.1. The molecule has 0 spiro atoms. The fourth-order valence-electron chi connectivity index (χ4n) is 3.62. The van der Waals surface area contributed by atoms with Crippen molar-refractivity contribution < 1.29 is 28.7 Å². The van der Waals surface area contributed by atoms with Crippen LogP contribution in [0.5, 0.6) is 11.5 Å². The van der Waals surface area contributed by atoms with Crippen molar-refractivity contribution in [2.45, 2.75) is 80.4 Å². The Balaban J connectivity index is 3.58. The van der Waals surface area contributed by atoms with Crippen LogP contribution >= 0.6 is 0 Å². The maximum absolute atomic E-state index is 13.0. The van der Waals surface area contributed by atoms with Crippen LogP contribution < -0.4 is 31.6 Å². The Kier molecular flexibility index (Phi) is 13.1. The average Bonchev–Trinajstić information content (AvgIpc) is 2.78. The molecule has 0 bridgehead atoms. The van der Waals surface area contributed by atoms with Crippen LogP contribution in [0.3, 0.4) is 0 Å². The second-order valence-corrected chi connectivity index (χ2v) is 11.3. The molecule has 10 heteroatoms. The molecular formula is C28H46N4O6. The minimum Gasteiger partial charge on any atom is -0.480 e. The summed E-state index contributed by atoms with van der Waals surface area (Å²) in [6.07, 6.45) is -1.29. The first-order valence-corrected chi connectivity index (χ1v) is 13.3. The van der Waals surface area contributed by atoms with Crippen LogP contribution in [-0.2, 0) is 9.59 Å². The van der Waals surface area contributed by atoms with Crippen LogP contribution in [0.2, 0.25) is 0 Å². The zero-order chi connectivity index (χ0) is 29.2. The smallest absolute Gasteiger partial charge is 0.261 e. The van der Waals surface area contributed by atoms with Crippen molar-refractivity contribution >= 4 is 23.6 Å². The summed E-state index contributed by atoms with van der Waals surface area (Å²) in [5, 5.41) is 5.69. The Morgan fingerprint density at radius 3 is 1.50 bits per heavy atom. The molecule has 4 amide bonds. The second kappa shape index (κ2) is 15.2. The van der Waals surface area contributed by atoms with Crippen LogP contribution in [-0.4, -0.2) is 48.9 Å². The van der Waals surface area contributed by atoms with Crippen LogP contribution in [0.4, 0.5) is 0 Å². The van der Waals surface area contributed by atoms with Crippen LogP contribution in [0, 0.1) is 23.7 Å². The summed E-state index contributed by atoms with van der Waals surface area (Å²) in [6, 6.07) is 2.71. The lowest BCUT2D eigenvalue weighted by molar-refractivity contribution is -0.129. The lowest BCUT2D eigenvalue weighted by Crippen LogP contribution is -2.42. The van der Waals surface area contributed by atoms with E-state index < -0.39 is 29.9 Å². The van der Waals surface area contributed by atoms with Gasteiger partial charge in [0.25, 0.3) is 23.6 Å². The van der Waals surface area contributed by atoms with E-state index in [9.17, 15) is 19.2 Å². The van der Waals surface area contributed by atoms with Crippen molar-refractivity contribution in [2.24, 2.45) is 35.1 Å². The maximum Gasteiger partial charge on any atom is 0.261 e. The van der Waals surface area contributed by atoms with Crippen molar-refractivity contribution in [1.29, 1.82) is 0 Å². The van der Waals surface area contributed by atoms with Crippen molar-refractivity contribution in [3.8, 4) is 11.5 Å². The van der Waals surface area contributed by atoms with E-state index in [0.717, 1.165) is 0 Å². The second-order valence-electron chi connectivity index (χ2n) is 11.3. The zero-order valence-electron chi connectivity index (χ0n) is 24.1. The summed E-state index contributed by atoms with van der Waals surface area (Å²) in [6.45, 7) is 16.5. The van der Waals surface area contributed by atoms with E-state index in [1.165, 1.54) is 12.1 Å². The highest BCUT2D eigenvalue weighted by molar-refractivity contribution is 6.05. The first-order chi connectivity index (χ1) is 17.6. The summed E-state index contributed by atoms with van der Waals surface area (Å²) in [5.74, 6) is -2.23. The van der Waals surface area contributed by atoms with Crippen molar-refractivity contribution in [2.75, 3.05) is 13.1 Å². The maximum atomic E-state index is 13.0. The number of ether oxygens (including phenoxy) is 2. The van der Waals surface area contributed by atoms with Gasteiger partial charge in [-0.05, 0) is 48.6 Å². The van der Waals surface area contributed by atoms with Crippen LogP contribution in [0.25, 0.3) is 0 Å². The third kappa shape index (κ3) is 10.6. The molecule has 2 atom stereocenters. The SMILES string of the molecule is CC(C)CNC(=O)[C@@H](CC(C)C)Oc1ccc(C(N)=O)c(O[C@H](CC(C)C)C(=O)NCC(C)C)c1C(N)=O. The number of primary amides is 2. The molecular weight excluding hydrogens is 488 g/mol. The number of amides is 4. The Morgan fingerprint density at radius 1 is 0.684 bits per heavy atom. The molecule has 1 aromatic carbocycles. The highest BCUT2D eigenvalue weighted by Gasteiger charge is 2.31. The lowest BCUT2D eigenvalue weighted by atomic mass is 10.0. The number of rotatable bonds is 16. The molecule has 0 radical (unpaired) electrons. The molecule has 0 fully saturated rings. The van der Waals surface area contributed by atoms with E-state index >= 15 is 0 Å². The van der Waals surface area contributed by atoms with E-state index in [2.05, 4.69) is 10.6 Å². The summed E-state index contributed by atoms with van der Waals surface area (Å²) in [7, 11) is 0. The molecule has 38 heavy (non-hydrogen) atoms. The monoisotopic (exact) mass is 534 g/mol. The van der Waals surface area contributed by atoms with Gasteiger partial charge in [0.05, 0.1) is 5.56 Å². The number of hydrogen-bond acceptors (Lipinski definition) is 6. The standard InChI is InChI=1S/C28H46N4O6/c1-15(2)11-21(27(35)31-13-17(5)6)37-20-10-9-19(25(29)33)24(23(20)26(30)34)38-22(12-16(3)4)28(36)32-14-18(7)8/h9-10,15-18,21-22H,11-14H2,1-8H3,(H2,29,33)(H2,30,34)(H,31,35)(H,32,36)/t21-,22-/m1/s1. The highest BCUT2D eigenvalue weighted by atomic mass is 16.5. The quantitative estimate of drug-likeness (QED) is 0.255. The molecule has 0 saturated heterocycles. The fourth-order valence-corrected chi connectivity index (χ4v) is 3.62. The van der Waals surface area contributed by atoms with E-state index in [4.69, 9.17) is 20.9 Å². The number of nitrogens with one attached hydrogen (secondary N) is 2. The number of nitrogens with two attached hydrogens (primary N) is 2. The first kappa shape index (κ1) is 32.7. The highest BCUT2D eigenvalue weighted by Crippen LogP contribution is 2.35. The lowest BCUT2D eigenvalue weighted by Gasteiger charge is -2.26. The van der Waals surface area contributed by atoms with Gasteiger partial charge in [0.1, 0.15) is 17.1 Å². The van der Waals surface area contributed by atoms with Crippen molar-refractivity contribution in [3.05, 3.63) is 23.3 Å². The van der Waals surface area contributed by atoms with Crippen molar-refractivity contribution in [1.82, 2.24) is 10.6 Å². The normalized spacial score (nSPS) is 12.9. The molecule has 0 heterocycles. The van der Waals surface area contributed by atoms with E-state index in [1.54, 1.807) is 0 Å². The van der Waals surface area contributed by atoms with Crippen molar-refractivity contribution in [3.63, 3.8) is 0 Å². The predicted molar refractivity (Wildman–Crippen MR) is 147 cm³/mol. The van der Waals surface area contributed by atoms with E-state index in [0.29, 0.717) is 25.9 Å². The van der Waals surface area contributed by atoms with Gasteiger partial charge in [-0.1, -0.05) is 55.4 Å². The van der Waals surface area contributed by atoms with E-state index in [1.807, 2.05) is 55.4 Å². The van der Waals surface area contributed by atoms with Crippen LogP contribution in [0.15, 0.2) is 12.1 Å². The Morgan fingerprint density at radius 2 is 1.13 bits per heavy atom. The topological polar surface area (TPSA) is 163 Å². The molecule has 214 valence electrons. The van der Waals surface area contributed by atoms with Gasteiger partial charge in [0.15, 0.2) is 12.2 Å².